The number of hydrogen-bond donors (Lipinski definition) is 0. The Hall–Kier alpha value is -2.13. The quantitative estimate of drug-likeness (QED) is 0.684. The predicted molar refractivity (Wildman–Crippen MR) is 121 cm³/mol. The molecule has 2 fully saturated rings. The fraction of sp³-hybridized carbons (Fsp3) is 0.652. The summed E-state index contributed by atoms with van der Waals surface area (Å²) in [6, 6.07) is 4.59. The minimum atomic E-state index is -3.68. The van der Waals surface area contributed by atoms with Crippen molar-refractivity contribution in [3.63, 3.8) is 0 Å². The van der Waals surface area contributed by atoms with Crippen molar-refractivity contribution in [2.24, 2.45) is 17.8 Å². The summed E-state index contributed by atoms with van der Waals surface area (Å²) >= 11 is 0. The molecule has 1 aromatic rings. The van der Waals surface area contributed by atoms with Gasteiger partial charge in [0.2, 0.25) is 15.9 Å². The molecule has 0 saturated carbocycles. The molecule has 2 unspecified atom stereocenters. The van der Waals surface area contributed by atoms with Gasteiger partial charge in [-0.3, -0.25) is 14.5 Å². The molecule has 0 aliphatic carbocycles. The zero-order valence-corrected chi connectivity index (χ0v) is 19.9. The van der Waals surface area contributed by atoms with Gasteiger partial charge in [-0.25, -0.2) is 8.42 Å². The topological polar surface area (TPSA) is 87.2 Å². The van der Waals surface area contributed by atoms with E-state index in [1.165, 1.54) is 21.3 Å². The monoisotopic (exact) mass is 463 g/mol. The van der Waals surface area contributed by atoms with Crippen molar-refractivity contribution < 1.29 is 22.7 Å². The second-order valence-electron chi connectivity index (χ2n) is 9.73. The molecule has 0 radical (unpaired) electrons. The van der Waals surface area contributed by atoms with Crippen LogP contribution in [0.3, 0.4) is 0 Å². The predicted octanol–water partition coefficient (Wildman–Crippen LogP) is 2.34. The zero-order chi connectivity index (χ0) is 23.0. The average molecular weight is 464 g/mol. The van der Waals surface area contributed by atoms with Crippen molar-refractivity contribution >= 4 is 27.5 Å². The number of nitrogens with zero attached hydrogens (tertiary/aromatic N) is 3. The highest BCUT2D eigenvalue weighted by Crippen LogP contribution is 2.36. The first-order valence-electron chi connectivity index (χ1n) is 11.5. The molecule has 176 valence electrons. The molecule has 3 heterocycles. The number of anilines is 1. The summed E-state index contributed by atoms with van der Waals surface area (Å²) in [5.74, 6) is 1.30. The van der Waals surface area contributed by atoms with E-state index in [2.05, 4.69) is 20.8 Å². The van der Waals surface area contributed by atoms with E-state index < -0.39 is 10.0 Å². The lowest BCUT2D eigenvalue weighted by Gasteiger charge is -2.37. The molecule has 8 nitrogen and oxygen atoms in total. The molecule has 32 heavy (non-hydrogen) atoms. The second kappa shape index (κ2) is 9.02. The Kier molecular flexibility index (Phi) is 6.49. The molecule has 2 atom stereocenters. The number of carbonyl (C=O) groups excluding carboxylic acids is 2. The Balaban J connectivity index is 1.58. The van der Waals surface area contributed by atoms with Gasteiger partial charge in [-0.15, -0.1) is 0 Å². The first kappa shape index (κ1) is 23.0. The van der Waals surface area contributed by atoms with Crippen molar-refractivity contribution in [1.29, 1.82) is 0 Å². The number of ether oxygens (including phenoxy) is 1. The Labute approximate surface area is 190 Å². The summed E-state index contributed by atoms with van der Waals surface area (Å²) in [6.45, 7) is 8.44. The number of amides is 2. The van der Waals surface area contributed by atoms with Crippen LogP contribution in [-0.4, -0.2) is 68.8 Å². The summed E-state index contributed by atoms with van der Waals surface area (Å²) < 4.78 is 33.5. The molecule has 0 N–H and O–H groups in total. The number of carbonyl (C=O) groups is 2. The second-order valence-corrected chi connectivity index (χ2v) is 11.7. The standard InChI is InChI=1S/C23H33N3O5S/c1-16-6-8-25(9-7-16)32(29,30)19-4-5-21-20(11-19)26(23(28)15-31-21)14-22(27)24-12-17(2)10-18(3)13-24/h4-5,11,16-18H,6-10,12-15H2,1-3H3. The van der Waals surface area contributed by atoms with Crippen LogP contribution in [0.4, 0.5) is 5.69 Å². The average Bonchev–Trinajstić information content (AvgIpc) is 2.75. The lowest BCUT2D eigenvalue weighted by Crippen LogP contribution is -2.50. The SMILES string of the molecule is CC1CCN(S(=O)(=O)c2ccc3c(c2)N(CC(=O)N2CC(C)CC(C)C2)C(=O)CO3)CC1. The van der Waals surface area contributed by atoms with Crippen LogP contribution in [0, 0.1) is 17.8 Å². The normalized spacial score (nSPS) is 25.4. The molecule has 3 aliphatic heterocycles. The van der Waals surface area contributed by atoms with E-state index in [1.807, 2.05) is 4.90 Å². The maximum Gasteiger partial charge on any atom is 0.265 e. The van der Waals surface area contributed by atoms with E-state index >= 15 is 0 Å². The zero-order valence-electron chi connectivity index (χ0n) is 19.1. The smallest absolute Gasteiger partial charge is 0.265 e. The lowest BCUT2D eigenvalue weighted by atomic mass is 9.92. The maximum atomic E-state index is 13.2. The van der Waals surface area contributed by atoms with Gasteiger partial charge in [-0.05, 0) is 55.2 Å². The summed E-state index contributed by atoms with van der Waals surface area (Å²) in [5, 5.41) is 0. The minimum Gasteiger partial charge on any atom is -0.482 e. The summed E-state index contributed by atoms with van der Waals surface area (Å²) in [7, 11) is -3.68. The van der Waals surface area contributed by atoms with Crippen LogP contribution in [0.2, 0.25) is 0 Å². The Bertz CT molecular complexity index is 977. The van der Waals surface area contributed by atoms with E-state index in [0.717, 1.165) is 19.3 Å². The van der Waals surface area contributed by atoms with Crippen LogP contribution in [0.5, 0.6) is 5.75 Å². The molecule has 1 aromatic carbocycles. The van der Waals surface area contributed by atoms with Crippen molar-refractivity contribution in [3.05, 3.63) is 18.2 Å². The van der Waals surface area contributed by atoms with Gasteiger partial charge in [0.1, 0.15) is 12.3 Å². The molecular formula is C23H33N3O5S. The molecule has 0 bridgehead atoms. The number of benzene rings is 1. The Morgan fingerprint density at radius 3 is 2.38 bits per heavy atom. The molecule has 0 spiro atoms. The van der Waals surface area contributed by atoms with E-state index in [9.17, 15) is 18.0 Å². The fourth-order valence-electron chi connectivity index (χ4n) is 4.99. The van der Waals surface area contributed by atoms with E-state index in [0.29, 0.717) is 55.4 Å². The number of hydrogen-bond acceptors (Lipinski definition) is 5. The molecule has 0 aromatic heterocycles. The van der Waals surface area contributed by atoms with Crippen LogP contribution in [-0.2, 0) is 19.6 Å². The van der Waals surface area contributed by atoms with Crippen molar-refractivity contribution in [2.45, 2.75) is 44.9 Å². The highest BCUT2D eigenvalue weighted by atomic mass is 32.2. The van der Waals surface area contributed by atoms with Crippen LogP contribution >= 0.6 is 0 Å². The van der Waals surface area contributed by atoms with Gasteiger partial charge in [0, 0.05) is 26.2 Å². The lowest BCUT2D eigenvalue weighted by molar-refractivity contribution is -0.134. The van der Waals surface area contributed by atoms with Gasteiger partial charge in [0.25, 0.3) is 5.91 Å². The summed E-state index contributed by atoms with van der Waals surface area (Å²) in [6.07, 6.45) is 2.75. The van der Waals surface area contributed by atoms with Crippen molar-refractivity contribution in [2.75, 3.05) is 44.2 Å². The number of piperidine rings is 2. The maximum absolute atomic E-state index is 13.2. The first-order chi connectivity index (χ1) is 15.1. The molecule has 4 rings (SSSR count). The number of rotatable bonds is 4. The van der Waals surface area contributed by atoms with Crippen LogP contribution in [0.1, 0.15) is 40.0 Å². The molecule has 3 aliphatic rings. The molecule has 2 amide bonds. The van der Waals surface area contributed by atoms with Crippen LogP contribution in [0.25, 0.3) is 0 Å². The number of sulfonamides is 1. The highest BCUT2D eigenvalue weighted by molar-refractivity contribution is 7.89. The van der Waals surface area contributed by atoms with Gasteiger partial charge in [0.15, 0.2) is 6.61 Å². The summed E-state index contributed by atoms with van der Waals surface area (Å²) in [4.78, 5) is 29.0. The number of fused-ring (bicyclic) bond motifs is 1. The van der Waals surface area contributed by atoms with E-state index in [1.54, 1.807) is 6.07 Å². The van der Waals surface area contributed by atoms with Crippen LogP contribution < -0.4 is 9.64 Å². The van der Waals surface area contributed by atoms with Crippen molar-refractivity contribution in [3.8, 4) is 5.75 Å². The Morgan fingerprint density at radius 2 is 1.72 bits per heavy atom. The third kappa shape index (κ3) is 4.64. The van der Waals surface area contributed by atoms with Gasteiger partial charge < -0.3 is 9.64 Å². The van der Waals surface area contributed by atoms with Gasteiger partial charge in [-0.2, -0.15) is 4.31 Å². The third-order valence-electron chi connectivity index (χ3n) is 6.77. The third-order valence-corrected chi connectivity index (χ3v) is 8.66. The Morgan fingerprint density at radius 1 is 1.06 bits per heavy atom. The summed E-state index contributed by atoms with van der Waals surface area (Å²) in [5.41, 5.74) is 0.346. The highest BCUT2D eigenvalue weighted by Gasteiger charge is 2.34. The minimum absolute atomic E-state index is 0.112. The van der Waals surface area contributed by atoms with E-state index in [4.69, 9.17) is 4.74 Å². The van der Waals surface area contributed by atoms with Crippen LogP contribution in [0.15, 0.2) is 23.1 Å². The van der Waals surface area contributed by atoms with E-state index in [-0.39, 0.29) is 29.9 Å². The van der Waals surface area contributed by atoms with Crippen molar-refractivity contribution in [1.82, 2.24) is 9.21 Å². The van der Waals surface area contributed by atoms with Gasteiger partial charge in [0.05, 0.1) is 10.6 Å². The van der Waals surface area contributed by atoms with Gasteiger partial charge in [-0.1, -0.05) is 20.8 Å². The molecule has 2 saturated heterocycles. The first-order valence-corrected chi connectivity index (χ1v) is 12.9. The molecular weight excluding hydrogens is 430 g/mol. The van der Waals surface area contributed by atoms with Gasteiger partial charge >= 0.3 is 0 Å². The number of likely N-dealkylation sites (tertiary alicyclic amines) is 1. The largest absolute Gasteiger partial charge is 0.482 e. The fourth-order valence-corrected chi connectivity index (χ4v) is 6.48. The molecule has 9 heteroatoms.